The van der Waals surface area contributed by atoms with Crippen molar-refractivity contribution in [1.82, 2.24) is 19.7 Å². The normalized spacial score (nSPS) is 22.6. The zero-order chi connectivity index (χ0) is 16.9. The molecule has 1 saturated heterocycles. The molecule has 1 aliphatic carbocycles. The lowest BCUT2D eigenvalue weighted by atomic mass is 9.59. The molecule has 4 rings (SSSR count). The molecule has 1 aliphatic heterocycles. The first kappa shape index (κ1) is 15.4. The van der Waals surface area contributed by atoms with Crippen LogP contribution in [-0.4, -0.2) is 38.8 Å². The minimum atomic E-state index is -0.00383. The van der Waals surface area contributed by atoms with Gasteiger partial charge in [-0.25, -0.2) is 9.78 Å². The molecule has 2 fully saturated rings. The number of likely N-dealkylation sites (tertiary alicyclic amines) is 1. The van der Waals surface area contributed by atoms with Gasteiger partial charge in [-0.15, -0.1) is 0 Å². The fourth-order valence-electron chi connectivity index (χ4n) is 4.30. The Morgan fingerprint density at radius 1 is 1.42 bits per heavy atom. The highest BCUT2D eigenvalue weighted by Crippen LogP contribution is 2.50. The molecule has 6 nitrogen and oxygen atoms in total. The van der Waals surface area contributed by atoms with Crippen LogP contribution in [0.3, 0.4) is 0 Å². The molecule has 24 heavy (non-hydrogen) atoms. The number of aromatic nitrogens is 3. The number of carbonyl (C=O) groups excluding carboxylic acids is 1. The largest absolute Gasteiger partial charge is 0.324 e. The Bertz CT molecular complexity index is 792. The molecule has 2 aromatic rings. The van der Waals surface area contributed by atoms with Gasteiger partial charge >= 0.3 is 6.03 Å². The summed E-state index contributed by atoms with van der Waals surface area (Å²) in [6, 6.07) is 1.96. The summed E-state index contributed by atoms with van der Waals surface area (Å²) in [6.07, 6.45) is 6.65. The van der Waals surface area contributed by atoms with Gasteiger partial charge in [0.2, 0.25) is 0 Å². The van der Waals surface area contributed by atoms with Crippen molar-refractivity contribution >= 4 is 22.8 Å². The fraction of sp³-hybridized carbons (Fsp3) is 0.611. The van der Waals surface area contributed by atoms with Crippen molar-refractivity contribution in [2.24, 2.45) is 18.4 Å². The molecule has 0 bridgehead atoms. The maximum absolute atomic E-state index is 12.7. The summed E-state index contributed by atoms with van der Waals surface area (Å²) in [4.78, 5) is 19.1. The van der Waals surface area contributed by atoms with E-state index in [9.17, 15) is 4.79 Å². The number of rotatable bonds is 1. The van der Waals surface area contributed by atoms with Crippen LogP contribution in [0.15, 0.2) is 12.3 Å². The number of nitrogens with zero attached hydrogens (tertiary/aromatic N) is 4. The SMILES string of the molecule is Cc1nn(C)c2ncc(NC(=O)N3CCC(C)C4(CCC4)C3)cc12. The van der Waals surface area contributed by atoms with Crippen molar-refractivity contribution in [2.75, 3.05) is 18.4 Å². The molecule has 2 aliphatic rings. The Labute approximate surface area is 142 Å². The molecule has 1 N–H and O–H groups in total. The topological polar surface area (TPSA) is 63.1 Å². The van der Waals surface area contributed by atoms with Crippen molar-refractivity contribution in [2.45, 2.75) is 39.5 Å². The number of anilines is 1. The third-order valence-corrected chi connectivity index (χ3v) is 6.13. The average Bonchev–Trinajstić information content (AvgIpc) is 2.80. The molecule has 1 unspecified atom stereocenters. The van der Waals surface area contributed by atoms with E-state index in [2.05, 4.69) is 22.3 Å². The zero-order valence-corrected chi connectivity index (χ0v) is 14.7. The van der Waals surface area contributed by atoms with Crippen LogP contribution >= 0.6 is 0 Å². The molecule has 1 saturated carbocycles. The summed E-state index contributed by atoms with van der Waals surface area (Å²) in [5, 5.41) is 8.39. The van der Waals surface area contributed by atoms with Gasteiger partial charge in [-0.05, 0) is 43.6 Å². The van der Waals surface area contributed by atoms with E-state index in [-0.39, 0.29) is 6.03 Å². The van der Waals surface area contributed by atoms with Crippen LogP contribution in [0.5, 0.6) is 0 Å². The highest BCUT2D eigenvalue weighted by atomic mass is 16.2. The van der Waals surface area contributed by atoms with Crippen LogP contribution < -0.4 is 5.32 Å². The van der Waals surface area contributed by atoms with Gasteiger partial charge in [0.1, 0.15) is 0 Å². The Balaban J connectivity index is 1.51. The quantitative estimate of drug-likeness (QED) is 0.874. The van der Waals surface area contributed by atoms with E-state index in [1.165, 1.54) is 19.3 Å². The monoisotopic (exact) mass is 327 g/mol. The molecular weight excluding hydrogens is 302 g/mol. The maximum atomic E-state index is 12.7. The highest BCUT2D eigenvalue weighted by molar-refractivity contribution is 5.92. The molecule has 1 atom stereocenters. The van der Waals surface area contributed by atoms with Crippen molar-refractivity contribution in [3.8, 4) is 0 Å². The molecular formula is C18H25N5O. The molecule has 2 amide bonds. The molecule has 6 heteroatoms. The van der Waals surface area contributed by atoms with E-state index in [1.807, 2.05) is 24.9 Å². The maximum Gasteiger partial charge on any atom is 0.321 e. The van der Waals surface area contributed by atoms with E-state index < -0.39 is 0 Å². The second-order valence-electron chi connectivity index (χ2n) is 7.56. The summed E-state index contributed by atoms with van der Waals surface area (Å²) in [7, 11) is 1.88. The van der Waals surface area contributed by atoms with Gasteiger partial charge in [-0.3, -0.25) is 4.68 Å². The summed E-state index contributed by atoms with van der Waals surface area (Å²) >= 11 is 0. The van der Waals surface area contributed by atoms with E-state index in [1.54, 1.807) is 10.9 Å². The van der Waals surface area contributed by atoms with Crippen molar-refractivity contribution in [3.05, 3.63) is 18.0 Å². The fourth-order valence-corrected chi connectivity index (χ4v) is 4.30. The van der Waals surface area contributed by atoms with Crippen molar-refractivity contribution in [3.63, 3.8) is 0 Å². The van der Waals surface area contributed by atoms with Gasteiger partial charge in [0, 0.05) is 25.5 Å². The number of fused-ring (bicyclic) bond motifs is 1. The number of hydrogen-bond donors (Lipinski definition) is 1. The molecule has 1 spiro atoms. The van der Waals surface area contributed by atoms with Gasteiger partial charge in [0.15, 0.2) is 5.65 Å². The lowest BCUT2D eigenvalue weighted by Gasteiger charge is -2.52. The van der Waals surface area contributed by atoms with Crippen LogP contribution in [0.2, 0.25) is 0 Å². The van der Waals surface area contributed by atoms with Crippen molar-refractivity contribution < 1.29 is 4.79 Å². The minimum Gasteiger partial charge on any atom is -0.324 e. The van der Waals surface area contributed by atoms with Crippen molar-refractivity contribution in [1.29, 1.82) is 0 Å². The zero-order valence-electron chi connectivity index (χ0n) is 14.7. The second kappa shape index (κ2) is 5.46. The van der Waals surface area contributed by atoms with Crippen LogP contribution in [0.25, 0.3) is 11.0 Å². The Morgan fingerprint density at radius 2 is 2.21 bits per heavy atom. The molecule has 3 heterocycles. The number of urea groups is 1. The predicted molar refractivity (Wildman–Crippen MR) is 93.9 cm³/mol. The Hall–Kier alpha value is -2.11. The summed E-state index contributed by atoms with van der Waals surface area (Å²) < 4.78 is 1.77. The van der Waals surface area contributed by atoms with Gasteiger partial charge in [0.05, 0.1) is 17.6 Å². The van der Waals surface area contributed by atoms with Crippen LogP contribution in [0.4, 0.5) is 10.5 Å². The predicted octanol–water partition coefficient (Wildman–Crippen LogP) is 3.32. The average molecular weight is 327 g/mol. The summed E-state index contributed by atoms with van der Waals surface area (Å²) in [5.41, 5.74) is 2.88. The number of amides is 2. The molecule has 0 aromatic carbocycles. The third kappa shape index (κ3) is 2.36. The second-order valence-corrected chi connectivity index (χ2v) is 7.56. The molecule has 128 valence electrons. The Morgan fingerprint density at radius 3 is 2.92 bits per heavy atom. The van der Waals surface area contributed by atoms with E-state index in [0.717, 1.165) is 47.8 Å². The smallest absolute Gasteiger partial charge is 0.321 e. The number of hydrogen-bond acceptors (Lipinski definition) is 3. The third-order valence-electron chi connectivity index (χ3n) is 6.13. The first-order chi connectivity index (χ1) is 11.5. The highest BCUT2D eigenvalue weighted by Gasteiger charge is 2.46. The lowest BCUT2D eigenvalue weighted by molar-refractivity contribution is -0.0108. The van der Waals surface area contributed by atoms with Gasteiger partial charge < -0.3 is 10.2 Å². The summed E-state index contributed by atoms with van der Waals surface area (Å²) in [5.74, 6) is 0.728. The number of nitrogens with one attached hydrogen (secondary N) is 1. The number of aryl methyl sites for hydroxylation is 2. The lowest BCUT2D eigenvalue weighted by Crippen LogP contribution is -2.54. The first-order valence-corrected chi connectivity index (χ1v) is 8.84. The number of pyridine rings is 1. The van der Waals surface area contributed by atoms with E-state index >= 15 is 0 Å². The minimum absolute atomic E-state index is 0.00383. The standard InChI is InChI=1S/C18H25N5O/c1-12-5-8-23(11-18(12)6-4-7-18)17(24)20-14-9-15-13(2)21-22(3)16(15)19-10-14/h9-10,12H,4-8,11H2,1-3H3,(H,20,24). The van der Waals surface area contributed by atoms with Crippen LogP contribution in [0, 0.1) is 18.3 Å². The number of piperidine rings is 1. The van der Waals surface area contributed by atoms with Crippen LogP contribution in [0.1, 0.15) is 38.3 Å². The molecule has 0 radical (unpaired) electrons. The van der Waals surface area contributed by atoms with Gasteiger partial charge in [-0.1, -0.05) is 13.3 Å². The summed E-state index contributed by atoms with van der Waals surface area (Å²) in [6.45, 7) is 6.04. The van der Waals surface area contributed by atoms with Gasteiger partial charge in [0.25, 0.3) is 0 Å². The number of carbonyl (C=O) groups is 1. The van der Waals surface area contributed by atoms with Gasteiger partial charge in [-0.2, -0.15) is 5.10 Å². The van der Waals surface area contributed by atoms with Crippen LogP contribution in [-0.2, 0) is 7.05 Å². The first-order valence-electron chi connectivity index (χ1n) is 8.84. The molecule has 2 aromatic heterocycles. The van der Waals surface area contributed by atoms with E-state index in [0.29, 0.717) is 5.41 Å². The van der Waals surface area contributed by atoms with E-state index in [4.69, 9.17) is 0 Å². The Kier molecular flexibility index (Phi) is 3.51.